The van der Waals surface area contributed by atoms with Crippen molar-refractivity contribution in [3.8, 4) is 0 Å². The molecule has 0 aromatic carbocycles. The largest absolute Gasteiger partial charge is 0.481 e. The molecule has 0 saturated heterocycles. The van der Waals surface area contributed by atoms with Gasteiger partial charge >= 0.3 is 5.97 Å². The van der Waals surface area contributed by atoms with Gasteiger partial charge in [-0.2, -0.15) is 0 Å². The summed E-state index contributed by atoms with van der Waals surface area (Å²) < 4.78 is 0. The predicted molar refractivity (Wildman–Crippen MR) is 99.0 cm³/mol. The second-order valence-corrected chi connectivity index (χ2v) is 7.25. The maximum Gasteiger partial charge on any atom is 0.303 e. The predicted octanol–water partition coefficient (Wildman–Crippen LogP) is 5.70. The van der Waals surface area contributed by atoms with Crippen molar-refractivity contribution in [3.05, 3.63) is 24.3 Å². The minimum atomic E-state index is -0.721. The van der Waals surface area contributed by atoms with Crippen molar-refractivity contribution in [2.75, 3.05) is 0 Å². The second kappa shape index (κ2) is 11.2. The van der Waals surface area contributed by atoms with E-state index in [1.165, 1.54) is 25.7 Å². The molecule has 2 atom stereocenters. The summed E-state index contributed by atoms with van der Waals surface area (Å²) in [5.41, 5.74) is -0.299. The van der Waals surface area contributed by atoms with Crippen LogP contribution in [-0.4, -0.2) is 16.9 Å². The highest BCUT2D eigenvalue weighted by Crippen LogP contribution is 2.41. The Hall–Kier alpha value is -1.38. The van der Waals surface area contributed by atoms with E-state index >= 15 is 0 Å². The van der Waals surface area contributed by atoms with Gasteiger partial charge in [-0.25, -0.2) is 0 Å². The first-order valence-electron chi connectivity index (χ1n) is 9.62. The van der Waals surface area contributed by atoms with Crippen molar-refractivity contribution < 1.29 is 14.7 Å². The van der Waals surface area contributed by atoms with Gasteiger partial charge in [0.15, 0.2) is 5.78 Å². The lowest BCUT2D eigenvalue weighted by Gasteiger charge is -2.28. The van der Waals surface area contributed by atoms with Crippen LogP contribution in [-0.2, 0) is 9.59 Å². The molecule has 1 rings (SSSR count). The molecule has 0 unspecified atom stereocenters. The van der Waals surface area contributed by atoms with Gasteiger partial charge in [-0.1, -0.05) is 70.6 Å². The summed E-state index contributed by atoms with van der Waals surface area (Å²) in [6.07, 6.45) is 19.2. The van der Waals surface area contributed by atoms with E-state index in [1.54, 1.807) is 6.08 Å². The normalized spacial score (nSPS) is 23.4. The number of unbranched alkanes of at least 4 members (excludes halogenated alkanes) is 7. The summed E-state index contributed by atoms with van der Waals surface area (Å²) in [5, 5.41) is 8.64. The van der Waals surface area contributed by atoms with Gasteiger partial charge in [-0.05, 0) is 31.8 Å². The van der Waals surface area contributed by atoms with Crippen molar-refractivity contribution in [2.45, 2.75) is 84.5 Å². The molecule has 0 aromatic rings. The van der Waals surface area contributed by atoms with Crippen LogP contribution >= 0.6 is 0 Å². The van der Waals surface area contributed by atoms with Gasteiger partial charge in [0.2, 0.25) is 0 Å². The van der Waals surface area contributed by atoms with Gasteiger partial charge in [0.1, 0.15) is 0 Å². The minimum absolute atomic E-state index is 0.218. The molecule has 0 spiro atoms. The fourth-order valence-corrected chi connectivity index (χ4v) is 3.38. The number of hydrogen-bond acceptors (Lipinski definition) is 2. The summed E-state index contributed by atoms with van der Waals surface area (Å²) in [4.78, 5) is 22.8. The van der Waals surface area contributed by atoms with Crippen LogP contribution in [0.1, 0.15) is 84.5 Å². The number of carbonyl (C=O) groups excluding carboxylic acids is 1. The Labute approximate surface area is 147 Å². The molecule has 3 nitrogen and oxygen atoms in total. The van der Waals surface area contributed by atoms with Crippen LogP contribution in [0.3, 0.4) is 0 Å². The van der Waals surface area contributed by atoms with Crippen molar-refractivity contribution >= 4 is 11.8 Å². The topological polar surface area (TPSA) is 54.4 Å². The SMILES string of the molecule is CCCCCCC=C[C@H]1C=CC(=O)[C@]1(C)CCCCCCC(=O)O. The molecule has 3 heteroatoms. The molecule has 1 aliphatic rings. The maximum absolute atomic E-state index is 12.3. The third-order valence-corrected chi connectivity index (χ3v) is 5.16. The van der Waals surface area contributed by atoms with Gasteiger partial charge in [0, 0.05) is 17.8 Å². The molecule has 0 fully saturated rings. The Morgan fingerprint density at radius 3 is 2.58 bits per heavy atom. The molecule has 136 valence electrons. The summed E-state index contributed by atoms with van der Waals surface area (Å²) in [6.45, 7) is 4.30. The van der Waals surface area contributed by atoms with Crippen molar-refractivity contribution in [2.24, 2.45) is 11.3 Å². The molecule has 0 aromatic heterocycles. The van der Waals surface area contributed by atoms with Crippen LogP contribution in [0.5, 0.6) is 0 Å². The summed E-state index contributed by atoms with van der Waals surface area (Å²) >= 11 is 0. The quantitative estimate of drug-likeness (QED) is 0.347. The second-order valence-electron chi connectivity index (χ2n) is 7.25. The van der Waals surface area contributed by atoms with E-state index in [0.29, 0.717) is 0 Å². The molecule has 0 amide bonds. The number of allylic oxidation sites excluding steroid dienone is 4. The zero-order chi connectivity index (χ0) is 17.8. The Morgan fingerprint density at radius 1 is 1.17 bits per heavy atom. The average molecular weight is 335 g/mol. The van der Waals surface area contributed by atoms with Crippen molar-refractivity contribution in [1.29, 1.82) is 0 Å². The van der Waals surface area contributed by atoms with Gasteiger partial charge in [-0.3, -0.25) is 9.59 Å². The van der Waals surface area contributed by atoms with Crippen molar-refractivity contribution in [3.63, 3.8) is 0 Å². The van der Waals surface area contributed by atoms with Crippen LogP contribution < -0.4 is 0 Å². The molecule has 0 heterocycles. The van der Waals surface area contributed by atoms with Crippen LogP contribution in [0.25, 0.3) is 0 Å². The fourth-order valence-electron chi connectivity index (χ4n) is 3.38. The van der Waals surface area contributed by atoms with E-state index in [4.69, 9.17) is 5.11 Å². The van der Waals surface area contributed by atoms with E-state index in [-0.39, 0.29) is 23.5 Å². The molecular formula is C21H34O3. The number of hydrogen-bond donors (Lipinski definition) is 1. The first-order chi connectivity index (χ1) is 11.5. The Bertz CT molecular complexity index is 450. The van der Waals surface area contributed by atoms with Crippen LogP contribution in [0.15, 0.2) is 24.3 Å². The summed E-state index contributed by atoms with van der Waals surface area (Å²) in [5.74, 6) is -0.259. The highest BCUT2D eigenvalue weighted by atomic mass is 16.4. The van der Waals surface area contributed by atoms with Crippen LogP contribution in [0, 0.1) is 11.3 Å². The first kappa shape index (κ1) is 20.7. The highest BCUT2D eigenvalue weighted by Gasteiger charge is 2.40. The third kappa shape index (κ3) is 7.02. The molecule has 0 bridgehead atoms. The lowest BCUT2D eigenvalue weighted by atomic mass is 9.74. The van der Waals surface area contributed by atoms with E-state index in [1.807, 2.05) is 0 Å². The lowest BCUT2D eigenvalue weighted by molar-refractivity contribution is -0.137. The number of aliphatic carboxylic acids is 1. The number of carbonyl (C=O) groups is 2. The molecule has 0 aliphatic heterocycles. The molecule has 1 aliphatic carbocycles. The minimum Gasteiger partial charge on any atom is -0.481 e. The third-order valence-electron chi connectivity index (χ3n) is 5.16. The zero-order valence-electron chi connectivity index (χ0n) is 15.4. The lowest BCUT2D eigenvalue weighted by Crippen LogP contribution is -2.28. The fraction of sp³-hybridized carbons (Fsp3) is 0.714. The van der Waals surface area contributed by atoms with Crippen LogP contribution in [0.4, 0.5) is 0 Å². The molecular weight excluding hydrogens is 300 g/mol. The molecule has 1 N–H and O–H groups in total. The van der Waals surface area contributed by atoms with Gasteiger partial charge < -0.3 is 5.11 Å². The highest BCUT2D eigenvalue weighted by molar-refractivity contribution is 5.97. The average Bonchev–Trinajstić information content (AvgIpc) is 2.82. The Balaban J connectivity index is 2.34. The number of rotatable bonds is 13. The molecule has 0 radical (unpaired) electrons. The molecule has 24 heavy (non-hydrogen) atoms. The molecule has 0 saturated carbocycles. The van der Waals surface area contributed by atoms with E-state index in [0.717, 1.165) is 38.5 Å². The van der Waals surface area contributed by atoms with E-state index in [2.05, 4.69) is 32.1 Å². The number of carboxylic acids is 1. The Morgan fingerprint density at radius 2 is 1.88 bits per heavy atom. The van der Waals surface area contributed by atoms with E-state index in [9.17, 15) is 9.59 Å². The standard InChI is InChI=1S/C21H34O3/c1-3-4-5-6-7-10-13-18-15-16-19(22)21(18,2)17-12-9-8-11-14-20(23)24/h10,13,15-16,18H,3-9,11-12,14,17H2,1-2H3,(H,23,24)/t18-,21+/m0/s1. The monoisotopic (exact) mass is 334 g/mol. The zero-order valence-corrected chi connectivity index (χ0v) is 15.4. The van der Waals surface area contributed by atoms with Gasteiger partial charge in [-0.15, -0.1) is 0 Å². The number of ketones is 1. The van der Waals surface area contributed by atoms with E-state index < -0.39 is 5.97 Å². The maximum atomic E-state index is 12.3. The van der Waals surface area contributed by atoms with Crippen LogP contribution in [0.2, 0.25) is 0 Å². The van der Waals surface area contributed by atoms with Crippen molar-refractivity contribution in [1.82, 2.24) is 0 Å². The Kier molecular flexibility index (Phi) is 9.66. The van der Waals surface area contributed by atoms with Gasteiger partial charge in [0.25, 0.3) is 0 Å². The smallest absolute Gasteiger partial charge is 0.303 e. The summed E-state index contributed by atoms with van der Waals surface area (Å²) in [7, 11) is 0. The summed E-state index contributed by atoms with van der Waals surface area (Å²) in [6, 6.07) is 0. The van der Waals surface area contributed by atoms with Gasteiger partial charge in [0.05, 0.1) is 0 Å². The number of carboxylic acid groups (broad SMARTS) is 1. The first-order valence-corrected chi connectivity index (χ1v) is 9.62.